The molecule has 0 saturated carbocycles. The largest absolute Gasteiger partial charge is 0.508 e. The smallest absolute Gasteiger partial charge is 0.338 e. The predicted octanol–water partition coefficient (Wildman–Crippen LogP) is 6.23. The molecule has 0 aromatic heterocycles. The predicted molar refractivity (Wildman–Crippen MR) is 210 cm³/mol. The number of benzene rings is 5. The van der Waals surface area contributed by atoms with Crippen LogP contribution in [0.25, 0.3) is 6.08 Å². The van der Waals surface area contributed by atoms with Crippen molar-refractivity contribution in [3.05, 3.63) is 190 Å². The minimum atomic E-state index is -1.35. The van der Waals surface area contributed by atoms with Crippen LogP contribution in [0.2, 0.25) is 0 Å². The van der Waals surface area contributed by atoms with E-state index in [4.69, 9.17) is 19.3 Å². The van der Waals surface area contributed by atoms with Gasteiger partial charge in [-0.2, -0.15) is 0 Å². The number of para-hydroxylation sites is 1. The molecule has 3 atom stereocenters. The van der Waals surface area contributed by atoms with E-state index in [2.05, 4.69) is 10.6 Å². The second-order valence-corrected chi connectivity index (χ2v) is 13.6. The van der Waals surface area contributed by atoms with Crippen molar-refractivity contribution >= 4 is 23.9 Å². The number of amides is 2. The van der Waals surface area contributed by atoms with Gasteiger partial charge < -0.3 is 35.1 Å². The summed E-state index contributed by atoms with van der Waals surface area (Å²) in [4.78, 5) is 40.2. The Hall–Kier alpha value is -6.33. The summed E-state index contributed by atoms with van der Waals surface area (Å²) in [6.07, 6.45) is 3.70. The van der Waals surface area contributed by atoms with Crippen molar-refractivity contribution in [2.45, 2.75) is 43.5 Å². The van der Waals surface area contributed by atoms with E-state index in [1.165, 1.54) is 0 Å². The maximum atomic E-state index is 13.9. The second kappa shape index (κ2) is 17.4. The number of aromatic hydroxyl groups is 1. The zero-order valence-corrected chi connectivity index (χ0v) is 30.5. The highest BCUT2D eigenvalue weighted by Crippen LogP contribution is 2.47. The van der Waals surface area contributed by atoms with Gasteiger partial charge in [0.25, 0.3) is 5.91 Å². The lowest BCUT2D eigenvalue weighted by atomic mass is 9.91. The summed E-state index contributed by atoms with van der Waals surface area (Å²) >= 11 is 0. The number of aliphatic hydroxyl groups is 1. The lowest BCUT2D eigenvalue weighted by molar-refractivity contribution is -0.157. The number of ether oxygens (including phenoxy) is 3. The normalized spacial score (nSPS) is 18.4. The van der Waals surface area contributed by atoms with Gasteiger partial charge in [-0.05, 0) is 59.5 Å². The molecular weight excluding hydrogens is 709 g/mol. The van der Waals surface area contributed by atoms with Crippen molar-refractivity contribution < 1.29 is 38.8 Å². The van der Waals surface area contributed by atoms with E-state index in [1.54, 1.807) is 60.7 Å². The van der Waals surface area contributed by atoms with Crippen LogP contribution in [0.5, 0.6) is 5.75 Å². The Morgan fingerprint density at radius 2 is 1.46 bits per heavy atom. The number of carbonyl (C=O) groups excluding carboxylic acids is 3. The maximum absolute atomic E-state index is 13.9. The first-order valence-electron chi connectivity index (χ1n) is 18.5. The number of aliphatic hydroxyl groups excluding tert-OH is 1. The molecule has 2 amide bonds. The molecule has 0 unspecified atom stereocenters. The highest BCUT2D eigenvalue weighted by atomic mass is 16.8. The summed E-state index contributed by atoms with van der Waals surface area (Å²) in [6, 6.07) is 40.1. The van der Waals surface area contributed by atoms with Crippen molar-refractivity contribution in [1.82, 2.24) is 10.6 Å². The van der Waals surface area contributed by atoms with E-state index >= 15 is 0 Å². The first-order valence-corrected chi connectivity index (χ1v) is 18.5. The number of rotatable bonds is 13. The van der Waals surface area contributed by atoms with Gasteiger partial charge in [0.2, 0.25) is 11.7 Å². The minimum absolute atomic E-state index is 0.0610. The highest BCUT2D eigenvalue weighted by molar-refractivity contribution is 5.95. The molecule has 0 spiro atoms. The van der Waals surface area contributed by atoms with Crippen LogP contribution in [0.4, 0.5) is 0 Å². The van der Waals surface area contributed by atoms with Crippen LogP contribution >= 0.6 is 0 Å². The quantitative estimate of drug-likeness (QED) is 0.104. The standard InChI is InChI=1S/C46H42N2O8/c49-25-24-47-43(51)34-17-11-14-32(27-34)30-48-44(52)36-28-40(54-45(53)35-18-10-13-31(26-35)12-9-16-33-15-7-8-23-39(33)50)42-41(29-36)55-46(56-42,37-19-3-1-4-20-37)38-21-5-2-6-22-38/h1-15,17-23,26-27,29,40-42,49-50H,16,24-25,28,30H2,(H,47,51)(H,48,52)/t40-,41-,42+/m1/s1. The molecule has 5 aromatic carbocycles. The Bertz CT molecular complexity index is 2200. The van der Waals surface area contributed by atoms with E-state index in [0.717, 1.165) is 22.3 Å². The van der Waals surface area contributed by atoms with Gasteiger partial charge in [-0.25, -0.2) is 4.79 Å². The monoisotopic (exact) mass is 750 g/mol. The van der Waals surface area contributed by atoms with E-state index in [9.17, 15) is 19.5 Å². The molecule has 0 bridgehead atoms. The number of fused-ring (bicyclic) bond motifs is 1. The fourth-order valence-electron chi connectivity index (χ4n) is 6.96. The first-order chi connectivity index (χ1) is 27.3. The summed E-state index contributed by atoms with van der Waals surface area (Å²) in [6.45, 7) is 0.0925. The van der Waals surface area contributed by atoms with Crippen molar-refractivity contribution in [2.24, 2.45) is 0 Å². The third kappa shape index (κ3) is 8.63. The van der Waals surface area contributed by atoms with Crippen LogP contribution in [0.3, 0.4) is 0 Å². The van der Waals surface area contributed by atoms with Gasteiger partial charge in [0.05, 0.1) is 12.2 Å². The molecule has 284 valence electrons. The molecule has 7 rings (SSSR count). The minimum Gasteiger partial charge on any atom is -0.508 e. The Morgan fingerprint density at radius 3 is 2.20 bits per heavy atom. The molecule has 1 fully saturated rings. The summed E-state index contributed by atoms with van der Waals surface area (Å²) in [5, 5.41) is 24.8. The van der Waals surface area contributed by atoms with E-state index in [1.807, 2.05) is 91.0 Å². The van der Waals surface area contributed by atoms with Crippen molar-refractivity contribution in [3.63, 3.8) is 0 Å². The van der Waals surface area contributed by atoms with E-state index in [-0.39, 0.29) is 43.7 Å². The highest BCUT2D eigenvalue weighted by Gasteiger charge is 2.55. The average molecular weight is 751 g/mol. The second-order valence-electron chi connectivity index (χ2n) is 13.6. The Morgan fingerprint density at radius 1 is 0.768 bits per heavy atom. The molecule has 2 aliphatic rings. The molecule has 1 heterocycles. The van der Waals surface area contributed by atoms with Crippen LogP contribution in [0.15, 0.2) is 151 Å². The average Bonchev–Trinajstić information content (AvgIpc) is 3.65. The number of phenols is 1. The summed E-state index contributed by atoms with van der Waals surface area (Å²) < 4.78 is 19.9. The third-order valence-electron chi connectivity index (χ3n) is 9.74. The molecule has 1 saturated heterocycles. The topological polar surface area (TPSA) is 143 Å². The van der Waals surface area contributed by atoms with Crippen molar-refractivity contribution in [3.8, 4) is 5.75 Å². The Labute approximate surface area is 325 Å². The Balaban J connectivity index is 1.14. The van der Waals surface area contributed by atoms with Gasteiger partial charge in [0.15, 0.2) is 0 Å². The van der Waals surface area contributed by atoms with Crippen LogP contribution < -0.4 is 10.6 Å². The zero-order valence-electron chi connectivity index (χ0n) is 30.5. The molecule has 10 nitrogen and oxygen atoms in total. The van der Waals surface area contributed by atoms with E-state index < -0.39 is 30.1 Å². The number of esters is 1. The van der Waals surface area contributed by atoms with Gasteiger partial charge >= 0.3 is 5.97 Å². The van der Waals surface area contributed by atoms with Gasteiger partial charge in [-0.15, -0.1) is 0 Å². The molecule has 4 N–H and O–H groups in total. The molecule has 5 aromatic rings. The summed E-state index contributed by atoms with van der Waals surface area (Å²) in [7, 11) is 0. The third-order valence-corrected chi connectivity index (χ3v) is 9.74. The fourth-order valence-corrected chi connectivity index (χ4v) is 6.96. The molecule has 56 heavy (non-hydrogen) atoms. The van der Waals surface area contributed by atoms with Crippen LogP contribution in [0.1, 0.15) is 55.0 Å². The van der Waals surface area contributed by atoms with Gasteiger partial charge in [0.1, 0.15) is 24.1 Å². The molecule has 1 aliphatic carbocycles. The van der Waals surface area contributed by atoms with E-state index in [0.29, 0.717) is 28.7 Å². The fraction of sp³-hybridized carbons (Fsp3) is 0.196. The number of carbonyl (C=O) groups is 3. The van der Waals surface area contributed by atoms with Crippen molar-refractivity contribution in [2.75, 3.05) is 13.2 Å². The number of allylic oxidation sites excluding steroid dienone is 1. The van der Waals surface area contributed by atoms with Gasteiger partial charge in [-0.1, -0.05) is 115 Å². The first kappa shape index (κ1) is 38.0. The maximum Gasteiger partial charge on any atom is 0.338 e. The van der Waals surface area contributed by atoms with Crippen LogP contribution in [-0.2, 0) is 37.8 Å². The SMILES string of the molecule is O=C(NCc1cccc(C(=O)NCCO)c1)C1=C[C@H]2OC(c3ccccc3)(c3ccccc3)O[C@H]2[C@H](OC(=O)c2cccc(C=CCc3ccccc3O)c2)C1. The Kier molecular flexibility index (Phi) is 11.8. The molecule has 1 aliphatic heterocycles. The summed E-state index contributed by atoms with van der Waals surface area (Å²) in [5.41, 5.74) is 4.85. The summed E-state index contributed by atoms with van der Waals surface area (Å²) in [5.74, 6) is -2.41. The molecule has 0 radical (unpaired) electrons. The van der Waals surface area contributed by atoms with Crippen molar-refractivity contribution in [1.29, 1.82) is 0 Å². The van der Waals surface area contributed by atoms with Crippen LogP contribution in [0, 0.1) is 0 Å². The van der Waals surface area contributed by atoms with Gasteiger partial charge in [-0.3, -0.25) is 9.59 Å². The van der Waals surface area contributed by atoms with Crippen LogP contribution in [-0.4, -0.2) is 59.5 Å². The lowest BCUT2D eigenvalue weighted by Crippen LogP contribution is -2.43. The molecule has 10 heteroatoms. The number of hydrogen-bond acceptors (Lipinski definition) is 8. The van der Waals surface area contributed by atoms with Gasteiger partial charge in [0, 0.05) is 41.8 Å². The zero-order chi connectivity index (χ0) is 38.9. The number of phenolic OH excluding ortho intramolecular Hbond substituents is 1. The number of hydrogen-bond donors (Lipinski definition) is 4. The number of nitrogens with one attached hydrogen (secondary N) is 2. The lowest BCUT2D eigenvalue weighted by Gasteiger charge is -2.31. The molecular formula is C46H42N2O8.